The van der Waals surface area contributed by atoms with Crippen molar-refractivity contribution in [1.29, 1.82) is 0 Å². The Labute approximate surface area is 117 Å². The molecule has 7 nitrogen and oxygen atoms in total. The van der Waals surface area contributed by atoms with Crippen molar-refractivity contribution in [2.75, 3.05) is 18.4 Å². The third-order valence-electron chi connectivity index (χ3n) is 2.70. The van der Waals surface area contributed by atoms with E-state index in [-0.39, 0.29) is 5.91 Å². The molecule has 106 valence electrons. The topological polar surface area (TPSA) is 84.7 Å². The van der Waals surface area contributed by atoms with Crippen LogP contribution in [0.5, 0.6) is 0 Å². The molecule has 1 amide bonds. The smallest absolute Gasteiger partial charge is 0.269 e. The van der Waals surface area contributed by atoms with Gasteiger partial charge in [0.2, 0.25) is 0 Å². The number of hydrogen-bond acceptors (Lipinski definition) is 5. The van der Waals surface area contributed by atoms with Crippen LogP contribution < -0.4 is 10.6 Å². The van der Waals surface area contributed by atoms with Gasteiger partial charge < -0.3 is 10.6 Å². The minimum Gasteiger partial charge on any atom is -0.384 e. The summed E-state index contributed by atoms with van der Waals surface area (Å²) in [6, 6.07) is 3.56. The number of anilines is 1. The summed E-state index contributed by atoms with van der Waals surface area (Å²) in [5.74, 6) is -0.161. The van der Waals surface area contributed by atoms with E-state index in [9.17, 15) is 4.79 Å². The van der Waals surface area contributed by atoms with E-state index in [1.165, 1.54) is 0 Å². The Hall–Kier alpha value is -2.44. The van der Waals surface area contributed by atoms with Gasteiger partial charge in [0.1, 0.15) is 5.69 Å². The van der Waals surface area contributed by atoms with Crippen molar-refractivity contribution in [2.24, 2.45) is 0 Å². The highest BCUT2D eigenvalue weighted by atomic mass is 16.1. The number of carbonyl (C=O) groups is 1. The zero-order valence-corrected chi connectivity index (χ0v) is 11.4. The Morgan fingerprint density at radius 1 is 1.40 bits per heavy atom. The monoisotopic (exact) mass is 274 g/mol. The van der Waals surface area contributed by atoms with Crippen molar-refractivity contribution < 1.29 is 4.79 Å². The van der Waals surface area contributed by atoms with E-state index in [1.807, 2.05) is 13.0 Å². The minimum absolute atomic E-state index is 0.161. The first-order chi connectivity index (χ1) is 9.79. The van der Waals surface area contributed by atoms with Crippen molar-refractivity contribution in [1.82, 2.24) is 25.3 Å². The van der Waals surface area contributed by atoms with Crippen molar-refractivity contribution in [3.05, 3.63) is 36.4 Å². The quantitative estimate of drug-likeness (QED) is 0.734. The van der Waals surface area contributed by atoms with Gasteiger partial charge in [-0.05, 0) is 25.5 Å². The molecular formula is C13H18N6O. The molecule has 2 N–H and O–H groups in total. The van der Waals surface area contributed by atoms with E-state index in [2.05, 4.69) is 25.9 Å². The molecule has 0 aliphatic carbocycles. The SMILES string of the molecule is CCNc1ccc(C(=O)NCCCn2ccnn2)nc1. The van der Waals surface area contributed by atoms with Gasteiger partial charge in [0.15, 0.2) is 0 Å². The lowest BCUT2D eigenvalue weighted by atomic mass is 10.3. The van der Waals surface area contributed by atoms with E-state index in [1.54, 1.807) is 29.3 Å². The Balaban J connectivity index is 1.73. The van der Waals surface area contributed by atoms with Gasteiger partial charge in [-0.1, -0.05) is 5.21 Å². The number of nitrogens with one attached hydrogen (secondary N) is 2. The molecule has 7 heteroatoms. The van der Waals surface area contributed by atoms with E-state index < -0.39 is 0 Å². The largest absolute Gasteiger partial charge is 0.384 e. The average molecular weight is 274 g/mol. The third kappa shape index (κ3) is 4.04. The van der Waals surface area contributed by atoms with Gasteiger partial charge in [0.05, 0.1) is 18.1 Å². The molecule has 0 fully saturated rings. The standard InChI is InChI=1S/C13H18N6O/c1-2-14-11-4-5-12(16-10-11)13(20)15-6-3-8-19-9-7-17-18-19/h4-5,7,9-10,14H,2-3,6,8H2,1H3,(H,15,20). The summed E-state index contributed by atoms with van der Waals surface area (Å²) in [4.78, 5) is 16.0. The fourth-order valence-corrected chi connectivity index (χ4v) is 1.72. The second-order valence-corrected chi connectivity index (χ2v) is 4.24. The van der Waals surface area contributed by atoms with Crippen LogP contribution in [0.15, 0.2) is 30.7 Å². The highest BCUT2D eigenvalue weighted by Crippen LogP contribution is 2.05. The second-order valence-electron chi connectivity index (χ2n) is 4.24. The van der Waals surface area contributed by atoms with E-state index in [0.717, 1.165) is 25.2 Å². The fourth-order valence-electron chi connectivity index (χ4n) is 1.72. The molecule has 2 aromatic heterocycles. The number of aryl methyl sites for hydroxylation is 1. The molecule has 2 heterocycles. The summed E-state index contributed by atoms with van der Waals surface area (Å²) >= 11 is 0. The maximum atomic E-state index is 11.8. The molecule has 0 spiro atoms. The molecule has 0 atom stereocenters. The Morgan fingerprint density at radius 3 is 2.95 bits per heavy atom. The molecule has 0 saturated heterocycles. The van der Waals surface area contributed by atoms with Crippen molar-refractivity contribution in [2.45, 2.75) is 19.9 Å². The first-order valence-electron chi connectivity index (χ1n) is 6.62. The summed E-state index contributed by atoms with van der Waals surface area (Å²) in [7, 11) is 0. The van der Waals surface area contributed by atoms with Crippen LogP contribution in [0.1, 0.15) is 23.8 Å². The third-order valence-corrected chi connectivity index (χ3v) is 2.70. The van der Waals surface area contributed by atoms with Crippen LogP contribution in [0.3, 0.4) is 0 Å². The highest BCUT2D eigenvalue weighted by Gasteiger charge is 2.06. The van der Waals surface area contributed by atoms with Crippen LogP contribution in [0, 0.1) is 0 Å². The van der Waals surface area contributed by atoms with Crippen molar-refractivity contribution in [3.8, 4) is 0 Å². The first-order valence-corrected chi connectivity index (χ1v) is 6.62. The number of carbonyl (C=O) groups excluding carboxylic acids is 1. The van der Waals surface area contributed by atoms with Crippen LogP contribution in [-0.4, -0.2) is 39.0 Å². The maximum Gasteiger partial charge on any atom is 0.269 e. The van der Waals surface area contributed by atoms with Gasteiger partial charge in [0, 0.05) is 25.8 Å². The normalized spacial score (nSPS) is 10.2. The summed E-state index contributed by atoms with van der Waals surface area (Å²) in [6.07, 6.45) is 5.88. The van der Waals surface area contributed by atoms with Gasteiger partial charge in [-0.2, -0.15) is 0 Å². The lowest BCUT2D eigenvalue weighted by Gasteiger charge is -2.06. The van der Waals surface area contributed by atoms with Crippen LogP contribution in [0.25, 0.3) is 0 Å². The Morgan fingerprint density at radius 2 is 2.30 bits per heavy atom. The summed E-state index contributed by atoms with van der Waals surface area (Å²) in [5.41, 5.74) is 1.34. The molecule has 0 bridgehead atoms. The lowest BCUT2D eigenvalue weighted by molar-refractivity contribution is 0.0947. The predicted molar refractivity (Wildman–Crippen MR) is 75.4 cm³/mol. The van der Waals surface area contributed by atoms with Crippen LogP contribution in [0.2, 0.25) is 0 Å². The molecule has 2 rings (SSSR count). The fraction of sp³-hybridized carbons (Fsp3) is 0.385. The molecule has 0 radical (unpaired) electrons. The molecular weight excluding hydrogens is 256 g/mol. The number of hydrogen-bond donors (Lipinski definition) is 2. The van der Waals surface area contributed by atoms with Gasteiger partial charge in [-0.15, -0.1) is 5.10 Å². The number of amides is 1. The van der Waals surface area contributed by atoms with Crippen molar-refractivity contribution in [3.63, 3.8) is 0 Å². The van der Waals surface area contributed by atoms with Gasteiger partial charge >= 0.3 is 0 Å². The van der Waals surface area contributed by atoms with Gasteiger partial charge in [-0.25, -0.2) is 4.98 Å². The first kappa shape index (κ1) is 14.0. The zero-order chi connectivity index (χ0) is 14.2. The Kier molecular flexibility index (Phi) is 5.05. The van der Waals surface area contributed by atoms with Crippen molar-refractivity contribution >= 4 is 11.6 Å². The molecule has 0 aliphatic heterocycles. The molecule has 0 unspecified atom stereocenters. The average Bonchev–Trinajstić information content (AvgIpc) is 2.98. The number of pyridine rings is 1. The summed E-state index contributed by atoms with van der Waals surface area (Å²) < 4.78 is 1.73. The molecule has 0 aliphatic rings. The number of aromatic nitrogens is 4. The number of rotatable bonds is 7. The maximum absolute atomic E-state index is 11.8. The molecule has 0 saturated carbocycles. The van der Waals surface area contributed by atoms with E-state index in [4.69, 9.17) is 0 Å². The summed E-state index contributed by atoms with van der Waals surface area (Å²) in [5, 5.41) is 13.5. The van der Waals surface area contributed by atoms with Crippen LogP contribution in [0.4, 0.5) is 5.69 Å². The van der Waals surface area contributed by atoms with E-state index >= 15 is 0 Å². The lowest BCUT2D eigenvalue weighted by Crippen LogP contribution is -2.26. The van der Waals surface area contributed by atoms with Gasteiger partial charge in [-0.3, -0.25) is 9.48 Å². The minimum atomic E-state index is -0.161. The second kappa shape index (κ2) is 7.22. The molecule has 0 aromatic carbocycles. The Bertz CT molecular complexity index is 522. The van der Waals surface area contributed by atoms with Gasteiger partial charge in [0.25, 0.3) is 5.91 Å². The molecule has 20 heavy (non-hydrogen) atoms. The van der Waals surface area contributed by atoms with E-state index in [0.29, 0.717) is 12.2 Å². The molecule has 2 aromatic rings. The predicted octanol–water partition coefficient (Wildman–Crippen LogP) is 0.925. The zero-order valence-electron chi connectivity index (χ0n) is 11.4. The van der Waals surface area contributed by atoms with Crippen LogP contribution in [-0.2, 0) is 6.54 Å². The highest BCUT2D eigenvalue weighted by molar-refractivity contribution is 5.92. The van der Waals surface area contributed by atoms with Crippen LogP contribution >= 0.6 is 0 Å². The number of nitrogens with zero attached hydrogens (tertiary/aromatic N) is 4. The summed E-state index contributed by atoms with van der Waals surface area (Å²) in [6.45, 7) is 4.15.